The van der Waals surface area contributed by atoms with Gasteiger partial charge in [-0.3, -0.25) is 4.79 Å². The minimum atomic E-state index is -1.93. The first-order chi connectivity index (χ1) is 11.4. The Balaban J connectivity index is 2.40. The fourth-order valence-electron chi connectivity index (χ4n) is 4.59. The zero-order valence-corrected chi connectivity index (χ0v) is 13.3. The number of nitrogens with one attached hydrogen (secondary N) is 1. The van der Waals surface area contributed by atoms with Crippen molar-refractivity contribution >= 4 is 5.91 Å². The predicted molar refractivity (Wildman–Crippen MR) is 82.3 cm³/mol. The Hall–Kier alpha value is -2.88. The van der Waals surface area contributed by atoms with Crippen molar-refractivity contribution in [3.63, 3.8) is 0 Å². The molecule has 0 aromatic heterocycles. The second kappa shape index (κ2) is 4.81. The van der Waals surface area contributed by atoms with Gasteiger partial charge < -0.3 is 10.4 Å². The summed E-state index contributed by atoms with van der Waals surface area (Å²) >= 11 is 0. The van der Waals surface area contributed by atoms with E-state index in [1.807, 2.05) is 18.2 Å². The van der Waals surface area contributed by atoms with E-state index in [0.717, 1.165) is 0 Å². The second-order valence-corrected chi connectivity index (χ2v) is 6.63. The maximum absolute atomic E-state index is 12.7. The fourth-order valence-corrected chi connectivity index (χ4v) is 4.59. The van der Waals surface area contributed by atoms with Gasteiger partial charge in [-0.25, -0.2) is 0 Å². The molecule has 1 aliphatic heterocycles. The van der Waals surface area contributed by atoms with Crippen molar-refractivity contribution in [2.75, 3.05) is 0 Å². The fraction of sp³-hybridized carbons (Fsp3) is 0.444. The monoisotopic (exact) mass is 320 g/mol. The Morgan fingerprint density at radius 3 is 2.17 bits per heavy atom. The van der Waals surface area contributed by atoms with E-state index in [1.54, 1.807) is 44.2 Å². The molecule has 1 saturated heterocycles. The van der Waals surface area contributed by atoms with Gasteiger partial charge in [0.25, 0.3) is 0 Å². The lowest BCUT2D eigenvalue weighted by Crippen LogP contribution is -2.62. The second-order valence-electron chi connectivity index (χ2n) is 6.63. The van der Waals surface area contributed by atoms with Crippen molar-refractivity contribution in [1.29, 1.82) is 15.8 Å². The molecule has 5 atom stereocenters. The molecule has 24 heavy (non-hydrogen) atoms. The zero-order chi connectivity index (χ0) is 17.8. The predicted octanol–water partition coefficient (Wildman–Crippen LogP) is 1.42. The first kappa shape index (κ1) is 16.0. The van der Waals surface area contributed by atoms with E-state index in [9.17, 15) is 25.7 Å². The minimum absolute atomic E-state index is 0.623. The number of carbonyl (C=O) groups is 1. The van der Waals surface area contributed by atoms with Crippen molar-refractivity contribution in [1.82, 2.24) is 5.32 Å². The van der Waals surface area contributed by atoms with E-state index in [-0.39, 0.29) is 0 Å². The highest BCUT2D eigenvalue weighted by Gasteiger charge is 2.79. The average Bonchev–Trinajstić information content (AvgIpc) is 2.77. The van der Waals surface area contributed by atoms with Crippen LogP contribution in [0.5, 0.6) is 0 Å². The summed E-state index contributed by atoms with van der Waals surface area (Å²) in [5, 5.41) is 43.3. The highest BCUT2D eigenvalue weighted by molar-refractivity contribution is 5.92. The maximum Gasteiger partial charge on any atom is 0.245 e. The van der Waals surface area contributed by atoms with Gasteiger partial charge in [0.1, 0.15) is 5.72 Å². The maximum atomic E-state index is 12.7. The van der Waals surface area contributed by atoms with E-state index in [0.29, 0.717) is 5.56 Å². The van der Waals surface area contributed by atoms with Crippen LogP contribution in [0.25, 0.3) is 0 Å². The number of aliphatic hydroxyl groups is 1. The molecule has 6 heteroatoms. The lowest BCUT2D eigenvalue weighted by Gasteiger charge is -2.51. The molecular weight excluding hydrogens is 304 g/mol. The summed E-state index contributed by atoms with van der Waals surface area (Å²) in [6.07, 6.45) is 0. The Labute approximate surface area is 139 Å². The SMILES string of the molecule is C[C@@H]1[C@H](c2ccccc2)C(C#N)(C#N)[C@@]2(C#N)C(=O)N[C@]1(O)[C@@H]2C. The molecule has 2 aliphatic rings. The minimum Gasteiger partial charge on any atom is -0.370 e. The van der Waals surface area contributed by atoms with Crippen LogP contribution in [0.4, 0.5) is 0 Å². The number of benzene rings is 1. The molecule has 1 aromatic carbocycles. The normalized spacial score (nSPS) is 39.2. The summed E-state index contributed by atoms with van der Waals surface area (Å²) in [6.45, 7) is 3.24. The van der Waals surface area contributed by atoms with Crippen LogP contribution in [-0.2, 0) is 4.79 Å². The van der Waals surface area contributed by atoms with E-state index >= 15 is 0 Å². The molecule has 0 spiro atoms. The van der Waals surface area contributed by atoms with Crippen LogP contribution in [0.1, 0.15) is 25.3 Å². The number of hydrogen-bond donors (Lipinski definition) is 2. The molecule has 0 radical (unpaired) electrons. The third-order valence-corrected chi connectivity index (χ3v) is 5.95. The third kappa shape index (κ3) is 1.44. The van der Waals surface area contributed by atoms with E-state index in [2.05, 4.69) is 5.32 Å². The number of carbonyl (C=O) groups excluding carboxylic acids is 1. The van der Waals surface area contributed by atoms with Crippen molar-refractivity contribution < 1.29 is 9.90 Å². The molecule has 1 aromatic rings. The third-order valence-electron chi connectivity index (χ3n) is 5.95. The van der Waals surface area contributed by atoms with Gasteiger partial charge in [0.2, 0.25) is 5.91 Å². The number of amides is 1. The van der Waals surface area contributed by atoms with Crippen LogP contribution in [-0.4, -0.2) is 16.7 Å². The molecule has 6 nitrogen and oxygen atoms in total. The standard InChI is InChI=1S/C18H16N4O2/c1-11-14(13-6-4-3-5-7-13)16(8-19,9-20)17(10-21)12(2)18(11,24)22-15(17)23/h3-7,11-12,14,24H,1-2H3,(H,22,23)/t11-,12-,14-,17-,18-/m1/s1. The molecule has 2 fully saturated rings. The Bertz CT molecular complexity index is 817. The van der Waals surface area contributed by atoms with Crippen molar-refractivity contribution in [3.8, 4) is 18.2 Å². The summed E-state index contributed by atoms with van der Waals surface area (Å²) < 4.78 is 0. The number of nitriles is 3. The highest BCUT2D eigenvalue weighted by Crippen LogP contribution is 2.66. The number of fused-ring (bicyclic) bond motifs is 2. The van der Waals surface area contributed by atoms with Crippen molar-refractivity contribution in [2.45, 2.75) is 25.5 Å². The molecule has 1 saturated carbocycles. The van der Waals surface area contributed by atoms with Gasteiger partial charge >= 0.3 is 0 Å². The molecule has 120 valence electrons. The Kier molecular flexibility index (Phi) is 3.20. The molecule has 1 amide bonds. The molecule has 1 heterocycles. The molecule has 1 aliphatic carbocycles. The van der Waals surface area contributed by atoms with Gasteiger partial charge in [0.15, 0.2) is 10.8 Å². The summed E-state index contributed by atoms with van der Waals surface area (Å²) in [4.78, 5) is 12.7. The summed E-state index contributed by atoms with van der Waals surface area (Å²) in [5.74, 6) is -3.05. The van der Waals surface area contributed by atoms with Gasteiger partial charge in [0.05, 0.1) is 18.2 Å². The van der Waals surface area contributed by atoms with Crippen LogP contribution in [0, 0.1) is 56.7 Å². The molecule has 3 rings (SSSR count). The van der Waals surface area contributed by atoms with E-state index in [4.69, 9.17) is 0 Å². The molecule has 2 bridgehead atoms. The summed E-state index contributed by atoms with van der Waals surface area (Å²) in [7, 11) is 0. The van der Waals surface area contributed by atoms with Gasteiger partial charge in [-0.2, -0.15) is 15.8 Å². The van der Waals surface area contributed by atoms with E-state index < -0.39 is 40.2 Å². The zero-order valence-electron chi connectivity index (χ0n) is 13.3. The lowest BCUT2D eigenvalue weighted by atomic mass is 9.45. The Morgan fingerprint density at radius 2 is 1.67 bits per heavy atom. The van der Waals surface area contributed by atoms with Gasteiger partial charge in [-0.15, -0.1) is 0 Å². The van der Waals surface area contributed by atoms with Crippen molar-refractivity contribution in [3.05, 3.63) is 35.9 Å². The average molecular weight is 320 g/mol. The Morgan fingerprint density at radius 1 is 1.08 bits per heavy atom. The number of hydrogen-bond acceptors (Lipinski definition) is 5. The first-order valence-corrected chi connectivity index (χ1v) is 7.69. The van der Waals surface area contributed by atoms with Gasteiger partial charge in [-0.05, 0) is 5.56 Å². The van der Waals surface area contributed by atoms with Crippen molar-refractivity contribution in [2.24, 2.45) is 22.7 Å². The number of rotatable bonds is 1. The lowest BCUT2D eigenvalue weighted by molar-refractivity contribution is -0.135. The van der Waals surface area contributed by atoms with E-state index in [1.165, 1.54) is 0 Å². The smallest absolute Gasteiger partial charge is 0.245 e. The molecule has 2 N–H and O–H groups in total. The largest absolute Gasteiger partial charge is 0.370 e. The topological polar surface area (TPSA) is 121 Å². The quantitative estimate of drug-likeness (QED) is 0.810. The van der Waals surface area contributed by atoms with Crippen LogP contribution in [0.15, 0.2) is 30.3 Å². The number of nitrogens with zero attached hydrogens (tertiary/aromatic N) is 3. The van der Waals surface area contributed by atoms with Gasteiger partial charge in [-0.1, -0.05) is 44.2 Å². The first-order valence-electron chi connectivity index (χ1n) is 7.69. The van der Waals surface area contributed by atoms with Crippen LogP contribution in [0.2, 0.25) is 0 Å². The summed E-state index contributed by atoms with van der Waals surface area (Å²) in [6, 6.07) is 14.7. The van der Waals surface area contributed by atoms with Crippen LogP contribution < -0.4 is 5.32 Å². The molecular formula is C18H16N4O2. The van der Waals surface area contributed by atoms with Gasteiger partial charge in [0, 0.05) is 17.8 Å². The van der Waals surface area contributed by atoms with Crippen LogP contribution >= 0.6 is 0 Å². The molecule has 0 unspecified atom stereocenters. The van der Waals surface area contributed by atoms with Crippen LogP contribution in [0.3, 0.4) is 0 Å². The highest BCUT2D eigenvalue weighted by atomic mass is 16.3. The summed E-state index contributed by atoms with van der Waals surface area (Å²) in [5.41, 5.74) is -4.83.